The van der Waals surface area contributed by atoms with Crippen molar-refractivity contribution in [2.24, 2.45) is 0 Å². The van der Waals surface area contributed by atoms with Crippen LogP contribution in [0.1, 0.15) is 10.4 Å². The summed E-state index contributed by atoms with van der Waals surface area (Å²) in [6, 6.07) is 14.4. The van der Waals surface area contributed by atoms with Gasteiger partial charge in [0.1, 0.15) is 0 Å². The van der Waals surface area contributed by atoms with Crippen molar-refractivity contribution < 1.29 is 9.21 Å². The number of aromatic nitrogens is 2. The number of hydrogen-bond acceptors (Lipinski definition) is 5. The molecule has 7 heteroatoms. The average molecular weight is 410 g/mol. The summed E-state index contributed by atoms with van der Waals surface area (Å²) in [6.07, 6.45) is 0. The Labute approximate surface area is 150 Å². The normalized spacial score (nSPS) is 10.7. The van der Waals surface area contributed by atoms with E-state index in [0.717, 1.165) is 10.0 Å². The van der Waals surface area contributed by atoms with Crippen LogP contribution in [0.5, 0.6) is 0 Å². The summed E-state index contributed by atoms with van der Waals surface area (Å²) in [7, 11) is 0. The SMILES string of the molecule is O=C(CSc1nnc(-c2ccccc2Br)o1)c1ccc(Cl)cc1. The average Bonchev–Trinajstić information content (AvgIpc) is 3.02. The highest BCUT2D eigenvalue weighted by atomic mass is 79.9. The van der Waals surface area contributed by atoms with Crippen LogP contribution in [-0.2, 0) is 0 Å². The molecule has 1 aromatic heterocycles. The molecule has 3 rings (SSSR count). The molecule has 0 fully saturated rings. The first-order chi connectivity index (χ1) is 11.1. The molecule has 0 bridgehead atoms. The van der Waals surface area contributed by atoms with E-state index in [9.17, 15) is 4.79 Å². The number of hydrogen-bond donors (Lipinski definition) is 0. The monoisotopic (exact) mass is 408 g/mol. The van der Waals surface area contributed by atoms with Crippen molar-refractivity contribution in [3.63, 3.8) is 0 Å². The second-order valence-electron chi connectivity index (χ2n) is 4.57. The lowest BCUT2D eigenvalue weighted by molar-refractivity contribution is 0.102. The lowest BCUT2D eigenvalue weighted by atomic mass is 10.1. The minimum atomic E-state index is -0.0210. The first kappa shape index (κ1) is 16.2. The van der Waals surface area contributed by atoms with Gasteiger partial charge in [0.05, 0.1) is 11.3 Å². The Hall–Kier alpha value is -1.63. The molecule has 3 aromatic rings. The van der Waals surface area contributed by atoms with Gasteiger partial charge in [-0.3, -0.25) is 4.79 Å². The molecule has 0 radical (unpaired) electrons. The Balaban J connectivity index is 1.67. The van der Waals surface area contributed by atoms with E-state index in [-0.39, 0.29) is 11.5 Å². The fraction of sp³-hybridized carbons (Fsp3) is 0.0625. The molecule has 0 spiro atoms. The Morgan fingerprint density at radius 3 is 2.61 bits per heavy atom. The molecule has 0 unspecified atom stereocenters. The fourth-order valence-corrected chi connectivity index (χ4v) is 3.10. The first-order valence-electron chi connectivity index (χ1n) is 6.63. The molecule has 1 heterocycles. The van der Waals surface area contributed by atoms with Gasteiger partial charge in [0.25, 0.3) is 5.22 Å². The number of halogens is 2. The molecule has 0 saturated carbocycles. The van der Waals surface area contributed by atoms with Gasteiger partial charge in [-0.05, 0) is 52.3 Å². The second-order valence-corrected chi connectivity index (χ2v) is 6.79. The van der Waals surface area contributed by atoms with Gasteiger partial charge >= 0.3 is 0 Å². The van der Waals surface area contributed by atoms with Gasteiger partial charge in [-0.25, -0.2) is 0 Å². The molecule has 2 aromatic carbocycles. The lowest BCUT2D eigenvalue weighted by Crippen LogP contribution is -2.01. The highest BCUT2D eigenvalue weighted by molar-refractivity contribution is 9.10. The van der Waals surface area contributed by atoms with E-state index < -0.39 is 0 Å². The number of ketones is 1. The van der Waals surface area contributed by atoms with Crippen LogP contribution in [0.25, 0.3) is 11.5 Å². The molecule has 0 aliphatic carbocycles. The Morgan fingerprint density at radius 2 is 1.87 bits per heavy atom. The molecule has 0 aliphatic heterocycles. The highest BCUT2D eigenvalue weighted by Crippen LogP contribution is 2.29. The zero-order valence-corrected chi connectivity index (χ0v) is 14.9. The third-order valence-corrected chi connectivity index (χ3v) is 4.77. The summed E-state index contributed by atoms with van der Waals surface area (Å²) in [6.45, 7) is 0. The quantitative estimate of drug-likeness (QED) is 0.432. The van der Waals surface area contributed by atoms with Crippen LogP contribution in [0, 0.1) is 0 Å². The molecular formula is C16H10BrClN2O2S. The van der Waals surface area contributed by atoms with E-state index in [1.807, 2.05) is 24.3 Å². The van der Waals surface area contributed by atoms with Crippen LogP contribution in [0.3, 0.4) is 0 Å². The van der Waals surface area contributed by atoms with E-state index in [4.69, 9.17) is 16.0 Å². The van der Waals surface area contributed by atoms with E-state index >= 15 is 0 Å². The van der Waals surface area contributed by atoms with Gasteiger partial charge in [0.2, 0.25) is 5.89 Å². The van der Waals surface area contributed by atoms with Crippen LogP contribution in [0.15, 0.2) is 62.6 Å². The Bertz CT molecular complexity index is 836. The molecule has 0 N–H and O–H groups in total. The predicted molar refractivity (Wildman–Crippen MR) is 93.9 cm³/mol. The number of carbonyl (C=O) groups is 1. The van der Waals surface area contributed by atoms with Crippen LogP contribution in [-0.4, -0.2) is 21.7 Å². The lowest BCUT2D eigenvalue weighted by Gasteiger charge is -1.99. The molecule has 23 heavy (non-hydrogen) atoms. The maximum atomic E-state index is 12.1. The first-order valence-corrected chi connectivity index (χ1v) is 8.79. The largest absolute Gasteiger partial charge is 0.411 e. The van der Waals surface area contributed by atoms with E-state index in [0.29, 0.717) is 21.7 Å². The van der Waals surface area contributed by atoms with Gasteiger partial charge in [-0.2, -0.15) is 0 Å². The molecule has 0 amide bonds. The Morgan fingerprint density at radius 1 is 1.13 bits per heavy atom. The molecular weight excluding hydrogens is 400 g/mol. The van der Waals surface area contributed by atoms with Crippen molar-refractivity contribution in [1.29, 1.82) is 0 Å². The number of thioether (sulfide) groups is 1. The van der Waals surface area contributed by atoms with Gasteiger partial charge in [-0.15, -0.1) is 10.2 Å². The number of Topliss-reactive ketones (excluding diaryl/α,β-unsaturated/α-hetero) is 1. The van der Waals surface area contributed by atoms with Gasteiger partial charge < -0.3 is 4.42 Å². The highest BCUT2D eigenvalue weighted by Gasteiger charge is 2.13. The minimum absolute atomic E-state index is 0.0210. The summed E-state index contributed by atoms with van der Waals surface area (Å²) in [4.78, 5) is 12.1. The number of carbonyl (C=O) groups excluding carboxylic acids is 1. The molecule has 0 saturated heterocycles. The van der Waals surface area contributed by atoms with E-state index in [1.54, 1.807) is 24.3 Å². The van der Waals surface area contributed by atoms with Crippen LogP contribution in [0.4, 0.5) is 0 Å². The zero-order valence-electron chi connectivity index (χ0n) is 11.7. The van der Waals surface area contributed by atoms with Crippen molar-refractivity contribution in [1.82, 2.24) is 10.2 Å². The summed E-state index contributed by atoms with van der Waals surface area (Å²) < 4.78 is 6.47. The van der Waals surface area contributed by atoms with E-state index in [1.165, 1.54) is 11.8 Å². The molecule has 116 valence electrons. The topological polar surface area (TPSA) is 56.0 Å². The van der Waals surface area contributed by atoms with Crippen molar-refractivity contribution in [2.75, 3.05) is 5.75 Å². The van der Waals surface area contributed by atoms with Crippen LogP contribution < -0.4 is 0 Å². The van der Waals surface area contributed by atoms with Crippen molar-refractivity contribution in [2.45, 2.75) is 5.22 Å². The second kappa shape index (κ2) is 7.29. The molecule has 4 nitrogen and oxygen atoms in total. The van der Waals surface area contributed by atoms with Crippen molar-refractivity contribution in [3.05, 3.63) is 63.6 Å². The summed E-state index contributed by atoms with van der Waals surface area (Å²) in [5.41, 5.74) is 1.42. The molecule has 0 aliphatic rings. The van der Waals surface area contributed by atoms with Gasteiger partial charge in [-0.1, -0.05) is 35.5 Å². The number of benzene rings is 2. The summed E-state index contributed by atoms with van der Waals surface area (Å²) >= 11 is 10.5. The van der Waals surface area contributed by atoms with Gasteiger partial charge in [0, 0.05) is 15.1 Å². The maximum Gasteiger partial charge on any atom is 0.277 e. The maximum absolute atomic E-state index is 12.1. The van der Waals surface area contributed by atoms with Gasteiger partial charge in [0.15, 0.2) is 5.78 Å². The van der Waals surface area contributed by atoms with E-state index in [2.05, 4.69) is 26.1 Å². The van der Waals surface area contributed by atoms with Crippen LogP contribution >= 0.6 is 39.3 Å². The molecule has 0 atom stereocenters. The summed E-state index contributed by atoms with van der Waals surface area (Å²) in [5, 5.41) is 8.94. The third-order valence-electron chi connectivity index (χ3n) is 3.00. The van der Waals surface area contributed by atoms with Crippen LogP contribution in [0.2, 0.25) is 5.02 Å². The standard InChI is InChI=1S/C16H10BrClN2O2S/c17-13-4-2-1-3-12(13)15-19-20-16(22-15)23-9-14(21)10-5-7-11(18)8-6-10/h1-8H,9H2. The van der Waals surface area contributed by atoms with Crippen molar-refractivity contribution in [3.8, 4) is 11.5 Å². The third kappa shape index (κ3) is 4.02. The van der Waals surface area contributed by atoms with Crippen molar-refractivity contribution >= 4 is 45.1 Å². The zero-order chi connectivity index (χ0) is 16.2. The Kier molecular flexibility index (Phi) is 5.15. The fourth-order valence-electron chi connectivity index (χ4n) is 1.86. The number of rotatable bonds is 5. The number of nitrogens with zero attached hydrogens (tertiary/aromatic N) is 2. The summed E-state index contributed by atoms with van der Waals surface area (Å²) in [5.74, 6) is 0.616. The minimum Gasteiger partial charge on any atom is -0.411 e. The smallest absolute Gasteiger partial charge is 0.277 e. The predicted octanol–water partition coefficient (Wildman–Crippen LogP) is 5.13.